The zero-order valence-corrected chi connectivity index (χ0v) is 17.6. The van der Waals surface area contributed by atoms with E-state index in [0.717, 1.165) is 37.8 Å². The number of thiophene rings is 1. The number of aryl methyl sites for hydroxylation is 2. The number of rotatable bonds is 3. The lowest BCUT2D eigenvalue weighted by Gasteiger charge is -2.19. The largest absolute Gasteiger partial charge is 0.495 e. The molecule has 0 saturated carbocycles. The van der Waals surface area contributed by atoms with Gasteiger partial charge >= 0.3 is 0 Å². The summed E-state index contributed by atoms with van der Waals surface area (Å²) in [5, 5.41) is 2.23. The zero-order chi connectivity index (χ0) is 20.0. The fourth-order valence-electron chi connectivity index (χ4n) is 3.28. The van der Waals surface area contributed by atoms with Gasteiger partial charge in [-0.1, -0.05) is 29.3 Å². The lowest BCUT2D eigenvalue weighted by Crippen LogP contribution is -2.25. The summed E-state index contributed by atoms with van der Waals surface area (Å²) in [7, 11) is 3.36. The maximum Gasteiger partial charge on any atom is 0.268 e. The van der Waals surface area contributed by atoms with Crippen LogP contribution in [0.4, 0.5) is 5.69 Å². The SMILES string of the molecule is COc1ccc(C)cc1N(C)C(=O)c1cc2c(Cl)nc3ccc(C)cc3c2s1. The van der Waals surface area contributed by atoms with Crippen LogP contribution in [0.5, 0.6) is 5.75 Å². The molecule has 142 valence electrons. The molecule has 0 N–H and O–H groups in total. The minimum absolute atomic E-state index is 0.109. The molecule has 0 radical (unpaired) electrons. The van der Waals surface area contributed by atoms with Gasteiger partial charge in [0, 0.05) is 22.5 Å². The van der Waals surface area contributed by atoms with Crippen LogP contribution in [0.3, 0.4) is 0 Å². The molecule has 4 rings (SSSR count). The van der Waals surface area contributed by atoms with Crippen molar-refractivity contribution in [1.29, 1.82) is 0 Å². The molecule has 6 heteroatoms. The number of methoxy groups -OCH3 is 1. The summed E-state index contributed by atoms with van der Waals surface area (Å²) in [6, 6.07) is 13.7. The Labute approximate surface area is 172 Å². The molecule has 0 aliphatic carbocycles. The lowest BCUT2D eigenvalue weighted by molar-refractivity contribution is 0.0996. The van der Waals surface area contributed by atoms with Crippen LogP contribution >= 0.6 is 22.9 Å². The van der Waals surface area contributed by atoms with E-state index in [-0.39, 0.29) is 5.91 Å². The second-order valence-corrected chi connectivity index (χ2v) is 8.23. The van der Waals surface area contributed by atoms with E-state index in [1.165, 1.54) is 11.3 Å². The third-order valence-electron chi connectivity index (χ3n) is 4.78. The van der Waals surface area contributed by atoms with Gasteiger partial charge < -0.3 is 9.64 Å². The number of aromatic nitrogens is 1. The topological polar surface area (TPSA) is 42.4 Å². The average Bonchev–Trinajstić information content (AvgIpc) is 3.14. The zero-order valence-electron chi connectivity index (χ0n) is 16.0. The van der Waals surface area contributed by atoms with Crippen molar-refractivity contribution in [2.45, 2.75) is 13.8 Å². The maximum atomic E-state index is 13.2. The summed E-state index contributed by atoms with van der Waals surface area (Å²) >= 11 is 7.85. The molecule has 28 heavy (non-hydrogen) atoms. The number of ether oxygens (including phenoxy) is 1. The Balaban J connectivity index is 1.84. The summed E-state index contributed by atoms with van der Waals surface area (Å²) in [6.07, 6.45) is 0. The Hall–Kier alpha value is -2.63. The molecule has 4 nitrogen and oxygen atoms in total. The standard InChI is InChI=1S/C22H19ClN2O2S/c1-12-5-7-16-14(9-12)20-15(21(23)24-16)11-19(28-20)22(26)25(3)17-10-13(2)6-8-18(17)27-4/h5-11H,1-4H3. The molecule has 2 aromatic carbocycles. The van der Waals surface area contributed by atoms with E-state index < -0.39 is 0 Å². The highest BCUT2D eigenvalue weighted by molar-refractivity contribution is 7.22. The Morgan fingerprint density at radius 1 is 1.07 bits per heavy atom. The van der Waals surface area contributed by atoms with Crippen LogP contribution in [0.2, 0.25) is 5.15 Å². The van der Waals surface area contributed by atoms with Crippen molar-refractivity contribution in [2.75, 3.05) is 19.1 Å². The number of carbonyl (C=O) groups excluding carboxylic acids is 1. The van der Waals surface area contributed by atoms with Crippen LogP contribution < -0.4 is 9.64 Å². The van der Waals surface area contributed by atoms with E-state index in [0.29, 0.717) is 15.8 Å². The summed E-state index contributed by atoms with van der Waals surface area (Å²) < 4.78 is 6.41. The van der Waals surface area contributed by atoms with Crippen molar-refractivity contribution < 1.29 is 9.53 Å². The van der Waals surface area contributed by atoms with Crippen molar-refractivity contribution in [2.24, 2.45) is 0 Å². The number of anilines is 1. The highest BCUT2D eigenvalue weighted by Gasteiger charge is 2.21. The predicted molar refractivity (Wildman–Crippen MR) is 117 cm³/mol. The first-order valence-corrected chi connectivity index (χ1v) is 10.0. The van der Waals surface area contributed by atoms with E-state index in [4.69, 9.17) is 16.3 Å². The summed E-state index contributed by atoms with van der Waals surface area (Å²) in [6.45, 7) is 4.03. The van der Waals surface area contributed by atoms with Crippen LogP contribution in [-0.4, -0.2) is 25.0 Å². The van der Waals surface area contributed by atoms with E-state index in [1.807, 2.05) is 50.2 Å². The summed E-state index contributed by atoms with van der Waals surface area (Å²) in [5.41, 5.74) is 3.76. The number of fused-ring (bicyclic) bond motifs is 3. The fourth-order valence-corrected chi connectivity index (χ4v) is 4.74. The lowest BCUT2D eigenvalue weighted by atomic mass is 10.1. The molecular weight excluding hydrogens is 392 g/mol. The van der Waals surface area contributed by atoms with E-state index in [2.05, 4.69) is 11.1 Å². The van der Waals surface area contributed by atoms with Crippen LogP contribution in [0.15, 0.2) is 42.5 Å². The van der Waals surface area contributed by atoms with Gasteiger partial charge in [-0.3, -0.25) is 4.79 Å². The van der Waals surface area contributed by atoms with Crippen molar-refractivity contribution in [3.05, 3.63) is 63.6 Å². The van der Waals surface area contributed by atoms with Gasteiger partial charge in [0.05, 0.1) is 23.2 Å². The molecule has 0 aliphatic heterocycles. The molecule has 4 aromatic rings. The molecule has 0 saturated heterocycles. The van der Waals surface area contributed by atoms with E-state index in [1.54, 1.807) is 19.1 Å². The highest BCUT2D eigenvalue weighted by atomic mass is 35.5. The molecule has 0 spiro atoms. The van der Waals surface area contributed by atoms with Gasteiger partial charge in [0.15, 0.2) is 0 Å². The fraction of sp³-hybridized carbons (Fsp3) is 0.182. The number of halogens is 1. The first-order chi connectivity index (χ1) is 13.4. The molecule has 0 unspecified atom stereocenters. The number of pyridine rings is 1. The third-order valence-corrected chi connectivity index (χ3v) is 6.23. The second kappa shape index (κ2) is 7.08. The minimum atomic E-state index is -0.109. The number of nitrogens with zero attached hydrogens (tertiary/aromatic N) is 2. The molecule has 2 heterocycles. The normalized spacial score (nSPS) is 11.2. The molecule has 2 aromatic heterocycles. The van der Waals surface area contributed by atoms with Crippen molar-refractivity contribution in [3.63, 3.8) is 0 Å². The molecule has 0 atom stereocenters. The molecular formula is C22H19ClN2O2S. The Kier molecular flexibility index (Phi) is 4.73. The number of hydrogen-bond donors (Lipinski definition) is 0. The van der Waals surface area contributed by atoms with Gasteiger partial charge in [-0.2, -0.15) is 0 Å². The molecule has 0 aliphatic rings. The second-order valence-electron chi connectivity index (χ2n) is 6.82. The van der Waals surface area contributed by atoms with Crippen LogP contribution in [0.1, 0.15) is 20.8 Å². The number of hydrogen-bond acceptors (Lipinski definition) is 4. The minimum Gasteiger partial charge on any atom is -0.495 e. The Bertz CT molecular complexity index is 1230. The van der Waals surface area contributed by atoms with Gasteiger partial charge in [-0.05, 0) is 49.7 Å². The monoisotopic (exact) mass is 410 g/mol. The number of amides is 1. The van der Waals surface area contributed by atoms with Crippen LogP contribution in [-0.2, 0) is 0 Å². The van der Waals surface area contributed by atoms with Crippen LogP contribution in [0, 0.1) is 13.8 Å². The first kappa shape index (κ1) is 18.7. The molecule has 0 bridgehead atoms. The third kappa shape index (κ3) is 3.11. The highest BCUT2D eigenvalue weighted by Crippen LogP contribution is 2.37. The molecule has 0 fully saturated rings. The Morgan fingerprint density at radius 2 is 1.79 bits per heavy atom. The number of benzene rings is 2. The summed E-state index contributed by atoms with van der Waals surface area (Å²) in [4.78, 5) is 19.9. The predicted octanol–water partition coefficient (Wildman–Crippen LogP) is 6.00. The maximum absolute atomic E-state index is 13.2. The Morgan fingerprint density at radius 3 is 2.54 bits per heavy atom. The number of carbonyl (C=O) groups is 1. The van der Waals surface area contributed by atoms with Crippen molar-refractivity contribution >= 4 is 55.5 Å². The van der Waals surface area contributed by atoms with E-state index >= 15 is 0 Å². The van der Waals surface area contributed by atoms with Gasteiger partial charge in [0.2, 0.25) is 0 Å². The van der Waals surface area contributed by atoms with Crippen molar-refractivity contribution in [3.8, 4) is 5.75 Å². The van der Waals surface area contributed by atoms with Gasteiger partial charge in [0.1, 0.15) is 10.9 Å². The average molecular weight is 411 g/mol. The van der Waals surface area contributed by atoms with Crippen LogP contribution in [0.25, 0.3) is 21.0 Å². The quantitative estimate of drug-likeness (QED) is 0.389. The first-order valence-electron chi connectivity index (χ1n) is 8.81. The van der Waals surface area contributed by atoms with E-state index in [9.17, 15) is 4.79 Å². The van der Waals surface area contributed by atoms with Gasteiger partial charge in [-0.15, -0.1) is 11.3 Å². The summed E-state index contributed by atoms with van der Waals surface area (Å²) in [5.74, 6) is 0.547. The van der Waals surface area contributed by atoms with Gasteiger partial charge in [-0.25, -0.2) is 4.98 Å². The molecule has 1 amide bonds. The smallest absolute Gasteiger partial charge is 0.268 e. The van der Waals surface area contributed by atoms with Crippen molar-refractivity contribution in [1.82, 2.24) is 4.98 Å². The van der Waals surface area contributed by atoms with Gasteiger partial charge in [0.25, 0.3) is 5.91 Å².